The summed E-state index contributed by atoms with van der Waals surface area (Å²) < 4.78 is 10.8. The van der Waals surface area contributed by atoms with Crippen LogP contribution in [0.1, 0.15) is 11.1 Å². The molecule has 0 bridgehead atoms. The number of phenols is 1. The zero-order valence-electron chi connectivity index (χ0n) is 11.5. The van der Waals surface area contributed by atoms with Crippen molar-refractivity contribution in [1.29, 1.82) is 0 Å². The highest BCUT2D eigenvalue weighted by molar-refractivity contribution is 6.10. The van der Waals surface area contributed by atoms with Gasteiger partial charge in [-0.3, -0.25) is 0 Å². The third kappa shape index (κ3) is 1.58. The quantitative estimate of drug-likeness (QED) is 0.544. The molecule has 1 heterocycles. The van der Waals surface area contributed by atoms with Crippen LogP contribution in [-0.4, -0.2) is 12.2 Å². The summed E-state index contributed by atoms with van der Waals surface area (Å²) in [5.74, 6) is 0.737. The largest absolute Gasteiger partial charge is 0.508 e. The topological polar surface area (TPSA) is 59.7 Å². The molecule has 0 aliphatic heterocycles. The Kier molecular flexibility index (Phi) is 2.67. The molecule has 4 heteroatoms. The Morgan fingerprint density at radius 2 is 1.95 bits per heavy atom. The Balaban J connectivity index is 2.72. The van der Waals surface area contributed by atoms with Crippen molar-refractivity contribution < 1.29 is 14.3 Å². The Morgan fingerprint density at radius 3 is 2.65 bits per heavy atom. The minimum absolute atomic E-state index is 0.118. The number of benzene rings is 2. The summed E-state index contributed by atoms with van der Waals surface area (Å²) in [6.07, 6.45) is 0. The number of phenolic OH excluding ortho intramolecular Hbond substituents is 1. The van der Waals surface area contributed by atoms with E-state index in [1.165, 1.54) is 0 Å². The molecule has 0 spiro atoms. The molecule has 0 fully saturated rings. The van der Waals surface area contributed by atoms with Crippen LogP contribution in [0, 0.1) is 13.8 Å². The van der Waals surface area contributed by atoms with Crippen LogP contribution in [-0.2, 0) is 0 Å². The molecule has 20 heavy (non-hydrogen) atoms. The second-order valence-electron chi connectivity index (χ2n) is 4.81. The highest BCUT2D eigenvalue weighted by Crippen LogP contribution is 2.37. The van der Waals surface area contributed by atoms with Gasteiger partial charge in [-0.25, -0.2) is 4.79 Å². The van der Waals surface area contributed by atoms with E-state index in [2.05, 4.69) is 0 Å². The van der Waals surface area contributed by atoms with Crippen molar-refractivity contribution >= 4 is 21.7 Å². The van der Waals surface area contributed by atoms with E-state index in [1.54, 1.807) is 32.2 Å². The number of aromatic hydroxyl groups is 1. The number of hydrogen-bond donors (Lipinski definition) is 1. The van der Waals surface area contributed by atoms with Gasteiger partial charge in [-0.2, -0.15) is 0 Å². The lowest BCUT2D eigenvalue weighted by Crippen LogP contribution is -2.02. The normalized spacial score (nSPS) is 11.2. The first-order valence-corrected chi connectivity index (χ1v) is 6.27. The third-order valence-corrected chi connectivity index (χ3v) is 3.61. The Labute approximate surface area is 115 Å². The maximum Gasteiger partial charge on any atom is 0.344 e. The molecule has 0 aliphatic carbocycles. The molecule has 0 radical (unpaired) electrons. The Bertz CT molecular complexity index is 890. The SMILES string of the molecule is COc1cccc2c(=O)oc3c(C)c(O)cc(C)c3c12. The number of methoxy groups -OCH3 is 1. The molecule has 3 aromatic rings. The molecule has 0 amide bonds. The van der Waals surface area contributed by atoms with E-state index in [0.717, 1.165) is 16.3 Å². The van der Waals surface area contributed by atoms with Crippen molar-refractivity contribution in [2.45, 2.75) is 13.8 Å². The van der Waals surface area contributed by atoms with Crippen LogP contribution in [0.25, 0.3) is 21.7 Å². The van der Waals surface area contributed by atoms with E-state index in [0.29, 0.717) is 22.3 Å². The van der Waals surface area contributed by atoms with E-state index in [9.17, 15) is 9.90 Å². The Morgan fingerprint density at radius 1 is 1.20 bits per heavy atom. The molecule has 1 aromatic heterocycles. The van der Waals surface area contributed by atoms with E-state index in [-0.39, 0.29) is 5.75 Å². The summed E-state index contributed by atoms with van der Waals surface area (Å²) >= 11 is 0. The monoisotopic (exact) mass is 270 g/mol. The fourth-order valence-electron chi connectivity index (χ4n) is 2.58. The van der Waals surface area contributed by atoms with Crippen molar-refractivity contribution in [2.75, 3.05) is 7.11 Å². The van der Waals surface area contributed by atoms with Crippen LogP contribution < -0.4 is 10.4 Å². The molecule has 0 unspecified atom stereocenters. The van der Waals surface area contributed by atoms with E-state index in [4.69, 9.17) is 9.15 Å². The van der Waals surface area contributed by atoms with E-state index in [1.807, 2.05) is 13.0 Å². The number of fused-ring (bicyclic) bond motifs is 3. The lowest BCUT2D eigenvalue weighted by molar-refractivity contribution is 0.419. The molecule has 0 saturated heterocycles. The van der Waals surface area contributed by atoms with Gasteiger partial charge in [0.2, 0.25) is 0 Å². The van der Waals surface area contributed by atoms with Gasteiger partial charge in [0.05, 0.1) is 12.5 Å². The van der Waals surface area contributed by atoms with E-state index < -0.39 is 5.63 Å². The average Bonchev–Trinajstić information content (AvgIpc) is 2.44. The van der Waals surface area contributed by atoms with Gasteiger partial charge in [-0.1, -0.05) is 6.07 Å². The lowest BCUT2D eigenvalue weighted by atomic mass is 9.99. The van der Waals surface area contributed by atoms with Gasteiger partial charge in [-0.05, 0) is 37.6 Å². The summed E-state index contributed by atoms with van der Waals surface area (Å²) in [6.45, 7) is 3.59. The van der Waals surface area contributed by atoms with Gasteiger partial charge in [0.1, 0.15) is 17.1 Å². The summed E-state index contributed by atoms with van der Waals surface area (Å²) in [5.41, 5.74) is 1.36. The summed E-state index contributed by atoms with van der Waals surface area (Å²) in [7, 11) is 1.57. The average molecular weight is 270 g/mol. The molecule has 4 nitrogen and oxygen atoms in total. The smallest absolute Gasteiger partial charge is 0.344 e. The predicted octanol–water partition coefficient (Wildman–Crippen LogP) is 3.28. The zero-order valence-corrected chi connectivity index (χ0v) is 11.5. The Hall–Kier alpha value is -2.49. The van der Waals surface area contributed by atoms with Crippen molar-refractivity contribution in [2.24, 2.45) is 0 Å². The maximum atomic E-state index is 12.1. The molecule has 0 atom stereocenters. The van der Waals surface area contributed by atoms with Crippen molar-refractivity contribution in [3.63, 3.8) is 0 Å². The van der Waals surface area contributed by atoms with Crippen LogP contribution in [0.3, 0.4) is 0 Å². The van der Waals surface area contributed by atoms with Crippen LogP contribution >= 0.6 is 0 Å². The van der Waals surface area contributed by atoms with Gasteiger partial charge in [0.25, 0.3) is 0 Å². The number of ether oxygens (including phenoxy) is 1. The first kappa shape index (κ1) is 12.5. The summed E-state index contributed by atoms with van der Waals surface area (Å²) in [6, 6.07) is 6.95. The van der Waals surface area contributed by atoms with Gasteiger partial charge in [-0.15, -0.1) is 0 Å². The van der Waals surface area contributed by atoms with Crippen molar-refractivity contribution in [3.8, 4) is 11.5 Å². The fourth-order valence-corrected chi connectivity index (χ4v) is 2.58. The molecular weight excluding hydrogens is 256 g/mol. The summed E-state index contributed by atoms with van der Waals surface area (Å²) in [4.78, 5) is 12.1. The number of hydrogen-bond acceptors (Lipinski definition) is 4. The molecular formula is C16H14O4. The molecule has 3 rings (SSSR count). The molecule has 0 aliphatic rings. The number of aryl methyl sites for hydroxylation is 2. The molecule has 0 saturated carbocycles. The third-order valence-electron chi connectivity index (χ3n) is 3.61. The van der Waals surface area contributed by atoms with Crippen molar-refractivity contribution in [3.05, 3.63) is 45.8 Å². The van der Waals surface area contributed by atoms with Gasteiger partial charge < -0.3 is 14.3 Å². The zero-order chi connectivity index (χ0) is 14.4. The number of rotatable bonds is 1. The first-order valence-electron chi connectivity index (χ1n) is 6.27. The van der Waals surface area contributed by atoms with Gasteiger partial charge in [0, 0.05) is 16.3 Å². The second-order valence-corrected chi connectivity index (χ2v) is 4.81. The highest BCUT2D eigenvalue weighted by Gasteiger charge is 2.16. The van der Waals surface area contributed by atoms with Crippen molar-refractivity contribution in [1.82, 2.24) is 0 Å². The maximum absolute atomic E-state index is 12.1. The lowest BCUT2D eigenvalue weighted by Gasteiger charge is -2.12. The summed E-state index contributed by atoms with van der Waals surface area (Å²) in [5, 5.41) is 11.9. The molecule has 1 N–H and O–H groups in total. The minimum Gasteiger partial charge on any atom is -0.508 e. The molecule has 102 valence electrons. The second kappa shape index (κ2) is 4.27. The van der Waals surface area contributed by atoms with Crippen LogP contribution in [0.15, 0.2) is 33.5 Å². The standard InChI is InChI=1S/C16H14O4/c1-8-7-11(17)9(2)15-13(8)14-10(16(18)20-15)5-4-6-12(14)19-3/h4-7,17H,1-3H3. The van der Waals surface area contributed by atoms with Crippen LogP contribution in [0.4, 0.5) is 0 Å². The van der Waals surface area contributed by atoms with Crippen LogP contribution in [0.5, 0.6) is 11.5 Å². The minimum atomic E-state index is -0.431. The van der Waals surface area contributed by atoms with E-state index >= 15 is 0 Å². The fraction of sp³-hybridized carbons (Fsp3) is 0.188. The van der Waals surface area contributed by atoms with Gasteiger partial charge in [0.15, 0.2) is 0 Å². The molecule has 2 aromatic carbocycles. The first-order chi connectivity index (χ1) is 9.54. The highest BCUT2D eigenvalue weighted by atomic mass is 16.5. The predicted molar refractivity (Wildman–Crippen MR) is 77.7 cm³/mol. The van der Waals surface area contributed by atoms with Gasteiger partial charge >= 0.3 is 5.63 Å². The van der Waals surface area contributed by atoms with Crippen LogP contribution in [0.2, 0.25) is 0 Å².